The second-order valence-electron chi connectivity index (χ2n) is 3.17. The third kappa shape index (κ3) is 3.38. The number of nitrogens with zero attached hydrogens (tertiary/aromatic N) is 1. The number of amides is 1. The predicted molar refractivity (Wildman–Crippen MR) is 58.3 cm³/mol. The number of hydrogen-bond acceptors (Lipinski definition) is 1. The second kappa shape index (κ2) is 5.66. The topological polar surface area (TPSA) is 20.3 Å². The minimum absolute atomic E-state index is 0.0869. The minimum Gasteiger partial charge on any atom is -0.341 e. The number of alkyl halides is 1. The van der Waals surface area contributed by atoms with Gasteiger partial charge in [0.15, 0.2) is 0 Å². The standard InChI is InChI=1S/C11H14ClNO/c1-13(11(14)7-8-12)9-10-5-3-2-4-6-10/h2-6H,7-9H2,1H3. The summed E-state index contributed by atoms with van der Waals surface area (Å²) in [6.45, 7) is 0.649. The Kier molecular flexibility index (Phi) is 4.47. The van der Waals surface area contributed by atoms with Gasteiger partial charge in [-0.05, 0) is 5.56 Å². The van der Waals surface area contributed by atoms with Crippen LogP contribution in [0.2, 0.25) is 0 Å². The molecule has 0 bridgehead atoms. The highest BCUT2D eigenvalue weighted by atomic mass is 35.5. The van der Waals surface area contributed by atoms with Gasteiger partial charge < -0.3 is 4.90 Å². The van der Waals surface area contributed by atoms with Crippen LogP contribution >= 0.6 is 11.6 Å². The minimum atomic E-state index is 0.0869. The van der Waals surface area contributed by atoms with E-state index in [1.165, 1.54) is 0 Å². The quantitative estimate of drug-likeness (QED) is 0.700. The van der Waals surface area contributed by atoms with Gasteiger partial charge in [0.1, 0.15) is 0 Å². The fourth-order valence-electron chi connectivity index (χ4n) is 1.22. The van der Waals surface area contributed by atoms with Crippen molar-refractivity contribution in [2.45, 2.75) is 13.0 Å². The zero-order valence-electron chi connectivity index (χ0n) is 8.24. The molecule has 0 heterocycles. The lowest BCUT2D eigenvalue weighted by Crippen LogP contribution is -2.26. The van der Waals surface area contributed by atoms with Crippen LogP contribution in [0.4, 0.5) is 0 Å². The van der Waals surface area contributed by atoms with Crippen LogP contribution < -0.4 is 0 Å². The van der Waals surface area contributed by atoms with Gasteiger partial charge in [-0.1, -0.05) is 30.3 Å². The average molecular weight is 212 g/mol. The van der Waals surface area contributed by atoms with E-state index >= 15 is 0 Å². The molecule has 0 saturated heterocycles. The van der Waals surface area contributed by atoms with Crippen LogP contribution in [0.15, 0.2) is 30.3 Å². The van der Waals surface area contributed by atoms with Crippen molar-refractivity contribution in [3.8, 4) is 0 Å². The normalized spacial score (nSPS) is 9.86. The van der Waals surface area contributed by atoms with Crippen LogP contribution in [0.1, 0.15) is 12.0 Å². The van der Waals surface area contributed by atoms with E-state index in [-0.39, 0.29) is 5.91 Å². The molecule has 1 amide bonds. The van der Waals surface area contributed by atoms with Crippen molar-refractivity contribution >= 4 is 17.5 Å². The van der Waals surface area contributed by atoms with Gasteiger partial charge in [0.25, 0.3) is 0 Å². The molecule has 0 aliphatic heterocycles. The number of benzene rings is 1. The molecule has 76 valence electrons. The van der Waals surface area contributed by atoms with E-state index in [9.17, 15) is 4.79 Å². The molecule has 0 N–H and O–H groups in total. The van der Waals surface area contributed by atoms with Gasteiger partial charge in [0.05, 0.1) is 0 Å². The molecule has 1 aromatic carbocycles. The van der Waals surface area contributed by atoms with Crippen molar-refractivity contribution in [3.63, 3.8) is 0 Å². The maximum atomic E-state index is 11.4. The van der Waals surface area contributed by atoms with Crippen LogP contribution in [0, 0.1) is 0 Å². The Morgan fingerprint density at radius 2 is 2.00 bits per heavy atom. The highest BCUT2D eigenvalue weighted by Gasteiger charge is 2.07. The number of halogens is 1. The van der Waals surface area contributed by atoms with Gasteiger partial charge in [-0.2, -0.15) is 0 Å². The second-order valence-corrected chi connectivity index (χ2v) is 3.55. The summed E-state index contributed by atoms with van der Waals surface area (Å²) in [7, 11) is 1.79. The van der Waals surface area contributed by atoms with Crippen molar-refractivity contribution in [3.05, 3.63) is 35.9 Å². The highest BCUT2D eigenvalue weighted by Crippen LogP contribution is 2.04. The Hall–Kier alpha value is -1.02. The van der Waals surface area contributed by atoms with E-state index in [0.717, 1.165) is 5.56 Å². The number of rotatable bonds is 4. The van der Waals surface area contributed by atoms with Crippen LogP contribution in [0.5, 0.6) is 0 Å². The maximum Gasteiger partial charge on any atom is 0.223 e. The summed E-state index contributed by atoms with van der Waals surface area (Å²) >= 11 is 5.50. The van der Waals surface area contributed by atoms with E-state index in [0.29, 0.717) is 18.8 Å². The Labute approximate surface area is 89.5 Å². The first-order valence-corrected chi connectivity index (χ1v) is 5.11. The average Bonchev–Trinajstić information content (AvgIpc) is 2.19. The van der Waals surface area contributed by atoms with Crippen LogP contribution in [-0.4, -0.2) is 23.7 Å². The summed E-state index contributed by atoms with van der Waals surface area (Å²) in [5, 5.41) is 0. The first kappa shape index (κ1) is 11.1. The van der Waals surface area contributed by atoms with E-state index in [4.69, 9.17) is 11.6 Å². The molecule has 0 fully saturated rings. The molecule has 0 saturated carbocycles. The van der Waals surface area contributed by atoms with Crippen molar-refractivity contribution < 1.29 is 4.79 Å². The number of hydrogen-bond donors (Lipinski definition) is 0. The zero-order valence-corrected chi connectivity index (χ0v) is 9.00. The molecular weight excluding hydrogens is 198 g/mol. The predicted octanol–water partition coefficient (Wildman–Crippen LogP) is 2.27. The summed E-state index contributed by atoms with van der Waals surface area (Å²) in [4.78, 5) is 13.1. The molecule has 0 unspecified atom stereocenters. The SMILES string of the molecule is CN(Cc1ccccc1)C(=O)CCCl. The summed E-state index contributed by atoms with van der Waals surface area (Å²) < 4.78 is 0. The van der Waals surface area contributed by atoms with Gasteiger partial charge in [-0.3, -0.25) is 4.79 Å². The fraction of sp³-hybridized carbons (Fsp3) is 0.364. The van der Waals surface area contributed by atoms with Crippen molar-refractivity contribution in [2.24, 2.45) is 0 Å². The van der Waals surface area contributed by atoms with E-state index < -0.39 is 0 Å². The molecule has 3 heteroatoms. The van der Waals surface area contributed by atoms with Crippen LogP contribution in [-0.2, 0) is 11.3 Å². The summed E-state index contributed by atoms with van der Waals surface area (Å²) in [5.74, 6) is 0.474. The molecule has 0 spiro atoms. The summed E-state index contributed by atoms with van der Waals surface area (Å²) in [6.07, 6.45) is 0.408. The smallest absolute Gasteiger partial charge is 0.223 e. The first-order chi connectivity index (χ1) is 6.74. The fourth-order valence-corrected chi connectivity index (χ4v) is 1.38. The molecular formula is C11H14ClNO. The van der Waals surface area contributed by atoms with Crippen LogP contribution in [0.3, 0.4) is 0 Å². The van der Waals surface area contributed by atoms with E-state index in [1.807, 2.05) is 30.3 Å². The molecule has 0 aliphatic carbocycles. The monoisotopic (exact) mass is 211 g/mol. The molecule has 1 rings (SSSR count). The first-order valence-electron chi connectivity index (χ1n) is 4.58. The van der Waals surface area contributed by atoms with E-state index in [1.54, 1.807) is 11.9 Å². The lowest BCUT2D eigenvalue weighted by Gasteiger charge is -2.16. The molecule has 0 radical (unpaired) electrons. The lowest BCUT2D eigenvalue weighted by molar-refractivity contribution is -0.129. The number of carbonyl (C=O) groups is 1. The molecule has 0 aromatic heterocycles. The van der Waals surface area contributed by atoms with Crippen LogP contribution in [0.25, 0.3) is 0 Å². The van der Waals surface area contributed by atoms with Gasteiger partial charge in [0, 0.05) is 25.9 Å². The van der Waals surface area contributed by atoms with E-state index in [2.05, 4.69) is 0 Å². The highest BCUT2D eigenvalue weighted by molar-refractivity contribution is 6.18. The molecule has 2 nitrogen and oxygen atoms in total. The molecule has 0 atom stereocenters. The third-order valence-electron chi connectivity index (χ3n) is 2.00. The maximum absolute atomic E-state index is 11.4. The number of carbonyl (C=O) groups excluding carboxylic acids is 1. The van der Waals surface area contributed by atoms with Gasteiger partial charge in [-0.25, -0.2) is 0 Å². The summed E-state index contributed by atoms with van der Waals surface area (Å²) in [6, 6.07) is 9.91. The van der Waals surface area contributed by atoms with Gasteiger partial charge in [-0.15, -0.1) is 11.6 Å². The zero-order chi connectivity index (χ0) is 10.4. The lowest BCUT2D eigenvalue weighted by atomic mass is 10.2. The third-order valence-corrected chi connectivity index (χ3v) is 2.19. The van der Waals surface area contributed by atoms with Gasteiger partial charge in [0.2, 0.25) is 5.91 Å². The van der Waals surface area contributed by atoms with Crippen molar-refractivity contribution in [1.82, 2.24) is 4.90 Å². The molecule has 14 heavy (non-hydrogen) atoms. The summed E-state index contributed by atoms with van der Waals surface area (Å²) in [5.41, 5.74) is 1.14. The largest absolute Gasteiger partial charge is 0.341 e. The molecule has 1 aromatic rings. The molecule has 0 aliphatic rings. The van der Waals surface area contributed by atoms with Crippen molar-refractivity contribution in [2.75, 3.05) is 12.9 Å². The Morgan fingerprint density at radius 1 is 1.36 bits per heavy atom. The Morgan fingerprint density at radius 3 is 2.57 bits per heavy atom. The Bertz CT molecular complexity index is 287. The Balaban J connectivity index is 2.49. The van der Waals surface area contributed by atoms with Gasteiger partial charge >= 0.3 is 0 Å². The van der Waals surface area contributed by atoms with Crippen molar-refractivity contribution in [1.29, 1.82) is 0 Å².